The summed E-state index contributed by atoms with van der Waals surface area (Å²) in [6.45, 7) is 4.89. The third-order valence-electron chi connectivity index (χ3n) is 2.36. The molecule has 2 aromatic rings. The quantitative estimate of drug-likeness (QED) is 0.686. The van der Waals surface area contributed by atoms with Crippen LogP contribution in [0.4, 0.5) is 15.5 Å². The minimum absolute atomic E-state index is 0.304. The molecule has 0 radical (unpaired) electrons. The minimum atomic E-state index is -1.54. The van der Waals surface area contributed by atoms with Crippen molar-refractivity contribution in [1.82, 2.24) is 14.6 Å². The molecule has 0 unspecified atom stereocenters. The molecule has 2 rings (SSSR count). The Hall–Kier alpha value is -1.62. The summed E-state index contributed by atoms with van der Waals surface area (Å²) < 4.78 is 6.98. The van der Waals surface area contributed by atoms with Gasteiger partial charge in [0.1, 0.15) is 5.60 Å². The first-order valence-corrected chi connectivity index (χ1v) is 7.52. The normalized spacial score (nSPS) is 11.5. The second kappa shape index (κ2) is 5.88. The first-order chi connectivity index (χ1) is 10.1. The fraction of sp³-hybridized carbons (Fsp3) is 0.333. The standard InChI is InChI=1S/C12H12ClIN4O4/c1-12(2,3)22-11(21)18(10(19)20)9-15-8-7(14)6(13)4-5-17(8)16-9/h4-5H,1-3H3,(H,19,20). The lowest BCUT2D eigenvalue weighted by molar-refractivity contribution is 0.0580. The Morgan fingerprint density at radius 2 is 2.09 bits per heavy atom. The summed E-state index contributed by atoms with van der Waals surface area (Å²) in [6.07, 6.45) is -1.09. The number of hydrogen-bond donors (Lipinski definition) is 1. The Bertz CT molecular complexity index is 755. The molecule has 0 aromatic carbocycles. The van der Waals surface area contributed by atoms with Crippen LogP contribution < -0.4 is 4.90 Å². The van der Waals surface area contributed by atoms with Gasteiger partial charge in [-0.25, -0.2) is 14.1 Å². The number of anilines is 1. The number of nitrogens with zero attached hydrogens (tertiary/aromatic N) is 4. The number of carbonyl (C=O) groups is 2. The molecule has 1 N–H and O–H groups in total. The van der Waals surface area contributed by atoms with E-state index in [9.17, 15) is 14.7 Å². The lowest BCUT2D eigenvalue weighted by atomic mass is 10.2. The Morgan fingerprint density at radius 3 is 2.64 bits per heavy atom. The van der Waals surface area contributed by atoms with Crippen molar-refractivity contribution in [3.8, 4) is 0 Å². The van der Waals surface area contributed by atoms with Crippen LogP contribution in [0.2, 0.25) is 5.02 Å². The van der Waals surface area contributed by atoms with Gasteiger partial charge in [0.2, 0.25) is 0 Å². The van der Waals surface area contributed by atoms with E-state index in [0.29, 0.717) is 19.1 Å². The predicted octanol–water partition coefficient (Wildman–Crippen LogP) is 3.41. The summed E-state index contributed by atoms with van der Waals surface area (Å²) in [4.78, 5) is 27.8. The first kappa shape index (κ1) is 16.7. The Labute approximate surface area is 144 Å². The SMILES string of the molecule is CC(C)(C)OC(=O)N(C(=O)O)c1nc2c(I)c(Cl)ccn2n1. The van der Waals surface area contributed by atoms with Gasteiger partial charge in [-0.3, -0.25) is 0 Å². The number of hydrogen-bond acceptors (Lipinski definition) is 5. The predicted molar refractivity (Wildman–Crippen MR) is 87.5 cm³/mol. The van der Waals surface area contributed by atoms with E-state index in [-0.39, 0.29) is 5.95 Å². The zero-order chi connectivity index (χ0) is 16.7. The monoisotopic (exact) mass is 438 g/mol. The number of halogens is 2. The minimum Gasteiger partial charge on any atom is -0.464 e. The maximum atomic E-state index is 12.0. The Morgan fingerprint density at radius 1 is 1.45 bits per heavy atom. The van der Waals surface area contributed by atoms with Gasteiger partial charge in [0.05, 0.1) is 8.59 Å². The van der Waals surface area contributed by atoms with Crippen molar-refractivity contribution in [2.75, 3.05) is 4.90 Å². The van der Waals surface area contributed by atoms with Crippen LogP contribution in [-0.4, -0.2) is 37.5 Å². The van der Waals surface area contributed by atoms with E-state index in [1.54, 1.807) is 26.8 Å². The number of imide groups is 1. The lowest BCUT2D eigenvalue weighted by Crippen LogP contribution is -2.40. The molecule has 0 spiro atoms. The summed E-state index contributed by atoms with van der Waals surface area (Å²) in [6, 6.07) is 1.59. The molecular weight excluding hydrogens is 427 g/mol. The highest BCUT2D eigenvalue weighted by molar-refractivity contribution is 14.1. The molecule has 22 heavy (non-hydrogen) atoms. The summed E-state index contributed by atoms with van der Waals surface area (Å²) in [5, 5.41) is 13.7. The molecule has 0 aliphatic heterocycles. The van der Waals surface area contributed by atoms with Gasteiger partial charge in [0, 0.05) is 6.20 Å². The van der Waals surface area contributed by atoms with Crippen LogP contribution in [0.3, 0.4) is 0 Å². The van der Waals surface area contributed by atoms with E-state index >= 15 is 0 Å². The van der Waals surface area contributed by atoms with Crippen molar-refractivity contribution in [2.45, 2.75) is 26.4 Å². The zero-order valence-corrected chi connectivity index (χ0v) is 14.8. The smallest absolute Gasteiger partial charge is 0.427 e. The fourth-order valence-corrected chi connectivity index (χ4v) is 2.22. The van der Waals surface area contributed by atoms with Crippen LogP contribution in [0.1, 0.15) is 20.8 Å². The molecule has 0 saturated heterocycles. The van der Waals surface area contributed by atoms with E-state index in [2.05, 4.69) is 10.1 Å². The number of amides is 2. The molecule has 2 heterocycles. The van der Waals surface area contributed by atoms with E-state index in [4.69, 9.17) is 16.3 Å². The Balaban J connectivity index is 2.48. The van der Waals surface area contributed by atoms with Gasteiger partial charge >= 0.3 is 12.2 Å². The largest absolute Gasteiger partial charge is 0.464 e. The molecule has 10 heteroatoms. The molecule has 0 atom stereocenters. The summed E-state index contributed by atoms with van der Waals surface area (Å²) in [5.41, 5.74) is -0.500. The van der Waals surface area contributed by atoms with Gasteiger partial charge < -0.3 is 9.84 Å². The number of aromatic nitrogens is 3. The first-order valence-electron chi connectivity index (χ1n) is 6.06. The molecule has 0 fully saturated rings. The molecule has 0 bridgehead atoms. The topological polar surface area (TPSA) is 97.0 Å². The number of rotatable bonds is 1. The van der Waals surface area contributed by atoms with Crippen LogP contribution in [0.15, 0.2) is 12.3 Å². The van der Waals surface area contributed by atoms with Crippen LogP contribution in [-0.2, 0) is 4.74 Å². The summed E-state index contributed by atoms with van der Waals surface area (Å²) in [5.74, 6) is -0.304. The van der Waals surface area contributed by atoms with Crippen LogP contribution in [0, 0.1) is 3.57 Å². The third kappa shape index (κ3) is 3.40. The molecule has 2 amide bonds. The lowest BCUT2D eigenvalue weighted by Gasteiger charge is -2.22. The maximum absolute atomic E-state index is 12.0. The van der Waals surface area contributed by atoms with Crippen molar-refractivity contribution in [2.24, 2.45) is 0 Å². The molecule has 0 aliphatic carbocycles. The second-order valence-electron chi connectivity index (χ2n) is 5.26. The average Bonchev–Trinajstić information content (AvgIpc) is 2.75. The number of carboxylic acid groups (broad SMARTS) is 1. The van der Waals surface area contributed by atoms with Crippen molar-refractivity contribution >= 4 is 58.0 Å². The van der Waals surface area contributed by atoms with Gasteiger partial charge in [0.25, 0.3) is 5.95 Å². The zero-order valence-electron chi connectivity index (χ0n) is 11.9. The van der Waals surface area contributed by atoms with Crippen molar-refractivity contribution in [1.29, 1.82) is 0 Å². The second-order valence-corrected chi connectivity index (χ2v) is 6.74. The number of pyridine rings is 1. The highest BCUT2D eigenvalue weighted by Gasteiger charge is 2.32. The number of ether oxygens (including phenoxy) is 1. The molecule has 0 saturated carbocycles. The van der Waals surface area contributed by atoms with Crippen molar-refractivity contribution in [3.63, 3.8) is 0 Å². The molecule has 2 aromatic heterocycles. The van der Waals surface area contributed by atoms with Crippen molar-refractivity contribution in [3.05, 3.63) is 20.9 Å². The van der Waals surface area contributed by atoms with Gasteiger partial charge in [0.15, 0.2) is 5.65 Å². The van der Waals surface area contributed by atoms with E-state index < -0.39 is 17.8 Å². The van der Waals surface area contributed by atoms with Crippen LogP contribution in [0.25, 0.3) is 5.65 Å². The molecular formula is C12H12ClIN4O4. The van der Waals surface area contributed by atoms with E-state index in [1.165, 1.54) is 10.7 Å². The molecule has 0 aliphatic rings. The highest BCUT2D eigenvalue weighted by Crippen LogP contribution is 2.24. The van der Waals surface area contributed by atoms with Gasteiger partial charge in [-0.05, 0) is 49.4 Å². The highest BCUT2D eigenvalue weighted by atomic mass is 127. The van der Waals surface area contributed by atoms with E-state index in [0.717, 1.165) is 0 Å². The van der Waals surface area contributed by atoms with Gasteiger partial charge in [-0.15, -0.1) is 10.00 Å². The Kier molecular flexibility index (Phi) is 4.47. The molecule has 8 nitrogen and oxygen atoms in total. The number of carbonyl (C=O) groups excluding carboxylic acids is 1. The van der Waals surface area contributed by atoms with Crippen LogP contribution >= 0.6 is 34.2 Å². The van der Waals surface area contributed by atoms with Gasteiger partial charge in [-0.1, -0.05) is 11.6 Å². The summed E-state index contributed by atoms with van der Waals surface area (Å²) >= 11 is 7.94. The van der Waals surface area contributed by atoms with E-state index in [1.807, 2.05) is 22.6 Å². The maximum Gasteiger partial charge on any atom is 0.427 e. The average molecular weight is 439 g/mol. The van der Waals surface area contributed by atoms with Gasteiger partial charge in [-0.2, -0.15) is 4.98 Å². The molecule has 118 valence electrons. The fourth-order valence-electron chi connectivity index (χ4n) is 1.53. The third-order valence-corrected chi connectivity index (χ3v) is 4.05. The number of fused-ring (bicyclic) bond motifs is 1. The summed E-state index contributed by atoms with van der Waals surface area (Å²) in [7, 11) is 0. The van der Waals surface area contributed by atoms with Crippen molar-refractivity contribution < 1.29 is 19.4 Å². The van der Waals surface area contributed by atoms with Crippen LogP contribution in [0.5, 0.6) is 0 Å².